The minimum atomic E-state index is -1.86. The van der Waals surface area contributed by atoms with Crippen molar-refractivity contribution in [3.05, 3.63) is 35.9 Å². The van der Waals surface area contributed by atoms with E-state index in [1.54, 1.807) is 6.92 Å². The maximum atomic E-state index is 11.6. The van der Waals surface area contributed by atoms with Crippen LogP contribution in [0.15, 0.2) is 30.3 Å². The maximum absolute atomic E-state index is 11.6. The van der Waals surface area contributed by atoms with Crippen LogP contribution in [0.5, 0.6) is 0 Å². The first kappa shape index (κ1) is 15.2. The van der Waals surface area contributed by atoms with E-state index in [4.69, 9.17) is 4.74 Å². The van der Waals surface area contributed by atoms with E-state index in [9.17, 15) is 14.7 Å². The van der Waals surface area contributed by atoms with Crippen LogP contribution >= 0.6 is 0 Å². The molecule has 5 heteroatoms. The third-order valence-electron chi connectivity index (χ3n) is 2.45. The van der Waals surface area contributed by atoms with Gasteiger partial charge in [-0.15, -0.1) is 0 Å². The van der Waals surface area contributed by atoms with Crippen LogP contribution in [0.3, 0.4) is 0 Å². The largest absolute Gasteiger partial charge is 0.464 e. The number of esters is 2. The highest BCUT2D eigenvalue weighted by molar-refractivity contribution is 5.85. The lowest BCUT2D eigenvalue weighted by molar-refractivity contribution is -0.170. The molecule has 0 saturated carbocycles. The van der Waals surface area contributed by atoms with Crippen molar-refractivity contribution < 1.29 is 24.2 Å². The van der Waals surface area contributed by atoms with Crippen LogP contribution in [-0.2, 0) is 25.7 Å². The SMILES string of the molecule is CCOC(=O)[C@@](C)(O)CC(=O)OCc1ccccc1. The second-order valence-electron chi connectivity index (χ2n) is 4.32. The summed E-state index contributed by atoms with van der Waals surface area (Å²) in [6, 6.07) is 9.15. The van der Waals surface area contributed by atoms with E-state index in [1.165, 1.54) is 6.92 Å². The predicted octanol–water partition coefficient (Wildman–Crippen LogP) is 1.43. The highest BCUT2D eigenvalue weighted by Crippen LogP contribution is 2.13. The summed E-state index contributed by atoms with van der Waals surface area (Å²) in [6.45, 7) is 3.11. The van der Waals surface area contributed by atoms with Crippen molar-refractivity contribution in [3.8, 4) is 0 Å². The van der Waals surface area contributed by atoms with Crippen molar-refractivity contribution in [2.75, 3.05) is 6.61 Å². The number of ether oxygens (including phenoxy) is 2. The van der Waals surface area contributed by atoms with Gasteiger partial charge >= 0.3 is 11.9 Å². The van der Waals surface area contributed by atoms with E-state index >= 15 is 0 Å². The van der Waals surface area contributed by atoms with Crippen molar-refractivity contribution in [2.45, 2.75) is 32.5 Å². The van der Waals surface area contributed by atoms with E-state index in [0.717, 1.165) is 5.56 Å². The van der Waals surface area contributed by atoms with Crippen molar-refractivity contribution in [3.63, 3.8) is 0 Å². The lowest BCUT2D eigenvalue weighted by Gasteiger charge is -2.19. The van der Waals surface area contributed by atoms with Crippen LogP contribution in [-0.4, -0.2) is 29.3 Å². The van der Waals surface area contributed by atoms with Crippen molar-refractivity contribution in [1.29, 1.82) is 0 Å². The van der Waals surface area contributed by atoms with Gasteiger partial charge in [-0.1, -0.05) is 30.3 Å². The molecule has 0 amide bonds. The van der Waals surface area contributed by atoms with E-state index in [1.807, 2.05) is 30.3 Å². The third-order valence-corrected chi connectivity index (χ3v) is 2.45. The Bertz CT molecular complexity index is 425. The first-order valence-corrected chi connectivity index (χ1v) is 6.05. The summed E-state index contributed by atoms with van der Waals surface area (Å²) in [5.74, 6) is -1.48. The predicted molar refractivity (Wildman–Crippen MR) is 68.1 cm³/mol. The second kappa shape index (κ2) is 6.89. The summed E-state index contributed by atoms with van der Waals surface area (Å²) in [5, 5.41) is 9.81. The molecule has 0 aromatic heterocycles. The van der Waals surface area contributed by atoms with E-state index < -0.39 is 24.0 Å². The zero-order chi connectivity index (χ0) is 14.3. The number of aliphatic hydroxyl groups is 1. The molecular formula is C14H18O5. The average Bonchev–Trinajstić information content (AvgIpc) is 2.37. The van der Waals surface area contributed by atoms with Gasteiger partial charge in [0.05, 0.1) is 13.0 Å². The second-order valence-corrected chi connectivity index (χ2v) is 4.32. The minimum Gasteiger partial charge on any atom is -0.464 e. The number of hydrogen-bond donors (Lipinski definition) is 1. The third kappa shape index (κ3) is 5.09. The summed E-state index contributed by atoms with van der Waals surface area (Å²) in [6.07, 6.45) is -0.432. The van der Waals surface area contributed by atoms with Crippen molar-refractivity contribution in [1.82, 2.24) is 0 Å². The summed E-state index contributed by atoms with van der Waals surface area (Å²) < 4.78 is 9.66. The smallest absolute Gasteiger partial charge is 0.338 e. The van der Waals surface area contributed by atoms with Gasteiger partial charge in [-0.25, -0.2) is 4.79 Å². The molecule has 0 bridgehead atoms. The number of carbonyl (C=O) groups is 2. The molecular weight excluding hydrogens is 248 g/mol. The van der Waals surface area contributed by atoms with Crippen molar-refractivity contribution in [2.24, 2.45) is 0 Å². The molecule has 0 heterocycles. The van der Waals surface area contributed by atoms with Crippen LogP contribution in [0.4, 0.5) is 0 Å². The average molecular weight is 266 g/mol. The first-order valence-electron chi connectivity index (χ1n) is 6.05. The highest BCUT2D eigenvalue weighted by Gasteiger charge is 2.35. The molecule has 5 nitrogen and oxygen atoms in total. The molecule has 0 aliphatic carbocycles. The van der Waals surface area contributed by atoms with Gasteiger partial charge in [-0.05, 0) is 19.4 Å². The number of benzene rings is 1. The van der Waals surface area contributed by atoms with Crippen LogP contribution in [0.25, 0.3) is 0 Å². The fraction of sp³-hybridized carbons (Fsp3) is 0.429. The topological polar surface area (TPSA) is 72.8 Å². The minimum absolute atomic E-state index is 0.110. The number of hydrogen-bond acceptors (Lipinski definition) is 5. The Balaban J connectivity index is 2.44. The van der Waals surface area contributed by atoms with Crippen LogP contribution in [0.1, 0.15) is 25.8 Å². The van der Waals surface area contributed by atoms with Crippen LogP contribution in [0, 0.1) is 0 Å². The van der Waals surface area contributed by atoms with Crippen molar-refractivity contribution >= 4 is 11.9 Å². The molecule has 1 N–H and O–H groups in total. The molecule has 1 rings (SSSR count). The molecule has 1 aromatic carbocycles. The molecule has 0 spiro atoms. The van der Waals surface area contributed by atoms with Gasteiger partial charge in [0.15, 0.2) is 5.60 Å². The molecule has 0 radical (unpaired) electrons. The van der Waals surface area contributed by atoms with Gasteiger partial charge < -0.3 is 14.6 Å². The summed E-state index contributed by atoms with van der Waals surface area (Å²) in [4.78, 5) is 22.9. The summed E-state index contributed by atoms with van der Waals surface area (Å²) >= 11 is 0. The Morgan fingerprint density at radius 3 is 2.42 bits per heavy atom. The van der Waals surface area contributed by atoms with Gasteiger partial charge in [-0.3, -0.25) is 4.79 Å². The van der Waals surface area contributed by atoms with E-state index in [0.29, 0.717) is 0 Å². The fourth-order valence-electron chi connectivity index (χ4n) is 1.43. The summed E-state index contributed by atoms with van der Waals surface area (Å²) in [5.41, 5.74) is -1.02. The van der Waals surface area contributed by atoms with Gasteiger partial charge in [0.2, 0.25) is 0 Å². The molecule has 0 fully saturated rings. The fourth-order valence-corrected chi connectivity index (χ4v) is 1.43. The van der Waals surface area contributed by atoms with Gasteiger partial charge in [0.1, 0.15) is 6.61 Å². The quantitative estimate of drug-likeness (QED) is 0.789. The molecule has 0 unspecified atom stereocenters. The monoisotopic (exact) mass is 266 g/mol. The Labute approximate surface area is 112 Å². The standard InChI is InChI=1S/C14H18O5/c1-3-18-13(16)14(2,17)9-12(15)19-10-11-7-5-4-6-8-11/h4-8,17H,3,9-10H2,1-2H3/t14-/m0/s1. The summed E-state index contributed by atoms with van der Waals surface area (Å²) in [7, 11) is 0. The number of rotatable bonds is 6. The van der Waals surface area contributed by atoms with Crippen LogP contribution in [0.2, 0.25) is 0 Å². The first-order chi connectivity index (χ1) is 8.95. The maximum Gasteiger partial charge on any atom is 0.338 e. The normalized spacial score (nSPS) is 13.4. The van der Waals surface area contributed by atoms with E-state index in [2.05, 4.69) is 4.74 Å². The lowest BCUT2D eigenvalue weighted by Crippen LogP contribution is -2.39. The Morgan fingerprint density at radius 2 is 1.84 bits per heavy atom. The van der Waals surface area contributed by atoms with Gasteiger partial charge in [-0.2, -0.15) is 0 Å². The Morgan fingerprint density at radius 1 is 1.21 bits per heavy atom. The molecule has 0 saturated heterocycles. The number of carbonyl (C=O) groups excluding carboxylic acids is 2. The highest BCUT2D eigenvalue weighted by atomic mass is 16.6. The molecule has 0 aliphatic heterocycles. The Kier molecular flexibility index (Phi) is 5.51. The lowest BCUT2D eigenvalue weighted by atomic mass is 10.0. The molecule has 0 aliphatic rings. The molecule has 1 aromatic rings. The van der Waals surface area contributed by atoms with Gasteiger partial charge in [0.25, 0.3) is 0 Å². The molecule has 1 atom stereocenters. The molecule has 104 valence electrons. The molecule has 19 heavy (non-hydrogen) atoms. The van der Waals surface area contributed by atoms with Crippen LogP contribution < -0.4 is 0 Å². The zero-order valence-electron chi connectivity index (χ0n) is 11.1. The zero-order valence-corrected chi connectivity index (χ0v) is 11.1. The Hall–Kier alpha value is -1.88. The van der Waals surface area contributed by atoms with E-state index in [-0.39, 0.29) is 13.2 Å². The van der Waals surface area contributed by atoms with Gasteiger partial charge in [0, 0.05) is 0 Å².